The lowest BCUT2D eigenvalue weighted by Crippen LogP contribution is -2.18. The van der Waals surface area contributed by atoms with Gasteiger partial charge in [0.1, 0.15) is 5.84 Å². The van der Waals surface area contributed by atoms with E-state index < -0.39 is 11.7 Å². The number of carbonyl (C=O) groups is 1. The van der Waals surface area contributed by atoms with Gasteiger partial charge in [-0.15, -0.1) is 0 Å². The first-order valence-electron chi connectivity index (χ1n) is 8.58. The Hall–Kier alpha value is -3.58. The Morgan fingerprint density at radius 2 is 2.10 bits per heavy atom. The van der Waals surface area contributed by atoms with Gasteiger partial charge in [0.15, 0.2) is 0 Å². The van der Waals surface area contributed by atoms with Gasteiger partial charge in [0, 0.05) is 18.6 Å². The maximum atomic E-state index is 13.6. The minimum Gasteiger partial charge on any atom is -0.300 e. The van der Waals surface area contributed by atoms with Gasteiger partial charge in [0.25, 0.3) is 5.24 Å². The highest BCUT2D eigenvalue weighted by molar-refractivity contribution is 8.18. The first kappa shape index (κ1) is 19.7. The molecule has 3 aromatic rings. The Bertz CT molecular complexity index is 1280. The summed E-state index contributed by atoms with van der Waals surface area (Å²) in [5, 5.41) is 16.2. The second-order valence-electron chi connectivity index (χ2n) is 6.29. The molecule has 0 spiro atoms. The number of carbonyl (C=O) groups excluding carboxylic acids is 1. The number of hydrogen-bond donors (Lipinski definition) is 1. The summed E-state index contributed by atoms with van der Waals surface area (Å²) in [6, 6.07) is 10.3. The Morgan fingerprint density at radius 1 is 1.30 bits per heavy atom. The van der Waals surface area contributed by atoms with Gasteiger partial charge in [-0.1, -0.05) is 12.1 Å². The molecule has 0 atom stereocenters. The van der Waals surface area contributed by atoms with E-state index in [1.54, 1.807) is 37.4 Å². The van der Waals surface area contributed by atoms with Crippen molar-refractivity contribution in [3.8, 4) is 11.8 Å². The van der Waals surface area contributed by atoms with Crippen LogP contribution in [0.1, 0.15) is 16.7 Å². The third-order valence-corrected chi connectivity index (χ3v) is 5.25. The van der Waals surface area contributed by atoms with Crippen LogP contribution in [0.5, 0.6) is 0 Å². The fraction of sp³-hybridized carbons (Fsp3) is 0.100. The van der Waals surface area contributed by atoms with Gasteiger partial charge < -0.3 is 5.32 Å². The molecule has 4 rings (SSSR count). The SMILES string of the molecule is CN=C1NC(=O)S/C1=C\c1cccc2nn(-c3ccc(C#N)cc3C(F)(F)F)cc12. The van der Waals surface area contributed by atoms with Crippen molar-refractivity contribution in [2.45, 2.75) is 6.18 Å². The quantitative estimate of drug-likeness (QED) is 0.640. The van der Waals surface area contributed by atoms with E-state index in [9.17, 15) is 18.0 Å². The molecule has 1 aliphatic rings. The monoisotopic (exact) mass is 427 g/mol. The number of thioether (sulfide) groups is 1. The number of rotatable bonds is 2. The van der Waals surface area contributed by atoms with Crippen LogP contribution in [-0.2, 0) is 6.18 Å². The second-order valence-corrected chi connectivity index (χ2v) is 7.31. The van der Waals surface area contributed by atoms with Crippen LogP contribution in [-0.4, -0.2) is 27.9 Å². The summed E-state index contributed by atoms with van der Waals surface area (Å²) in [6.07, 6.45) is -1.41. The van der Waals surface area contributed by atoms with Crippen molar-refractivity contribution < 1.29 is 18.0 Å². The van der Waals surface area contributed by atoms with Gasteiger partial charge in [0.05, 0.1) is 33.3 Å². The summed E-state index contributed by atoms with van der Waals surface area (Å²) < 4.78 is 41.8. The van der Waals surface area contributed by atoms with Crippen molar-refractivity contribution in [1.82, 2.24) is 15.1 Å². The van der Waals surface area contributed by atoms with Crippen molar-refractivity contribution in [2.75, 3.05) is 7.05 Å². The van der Waals surface area contributed by atoms with E-state index in [-0.39, 0.29) is 16.5 Å². The largest absolute Gasteiger partial charge is 0.418 e. The summed E-state index contributed by atoms with van der Waals surface area (Å²) in [4.78, 5) is 16.3. The average Bonchev–Trinajstić information content (AvgIpc) is 3.30. The fourth-order valence-corrected chi connectivity index (χ4v) is 3.86. The van der Waals surface area contributed by atoms with Gasteiger partial charge in [-0.05, 0) is 47.7 Å². The third-order valence-electron chi connectivity index (χ3n) is 4.43. The number of fused-ring (bicyclic) bond motifs is 1. The van der Waals surface area contributed by atoms with Crippen molar-refractivity contribution in [3.63, 3.8) is 0 Å². The number of nitrogens with one attached hydrogen (secondary N) is 1. The minimum atomic E-state index is -4.65. The maximum Gasteiger partial charge on any atom is 0.418 e. The number of benzene rings is 2. The molecular weight excluding hydrogens is 415 g/mol. The van der Waals surface area contributed by atoms with Crippen LogP contribution in [0.25, 0.3) is 22.7 Å². The topological polar surface area (TPSA) is 83.1 Å². The van der Waals surface area contributed by atoms with Gasteiger partial charge in [-0.2, -0.15) is 23.5 Å². The highest BCUT2D eigenvalue weighted by atomic mass is 32.2. The van der Waals surface area contributed by atoms with E-state index >= 15 is 0 Å². The first-order valence-corrected chi connectivity index (χ1v) is 9.39. The Balaban J connectivity index is 1.87. The van der Waals surface area contributed by atoms with Crippen molar-refractivity contribution in [1.29, 1.82) is 5.26 Å². The van der Waals surface area contributed by atoms with E-state index in [0.29, 0.717) is 27.2 Å². The number of aliphatic imine (C=N–C) groups is 1. The molecule has 1 aromatic heterocycles. The number of amidine groups is 1. The third kappa shape index (κ3) is 3.55. The summed E-state index contributed by atoms with van der Waals surface area (Å²) >= 11 is 0.988. The van der Waals surface area contributed by atoms with E-state index in [1.807, 2.05) is 0 Å². The van der Waals surface area contributed by atoms with Crippen LogP contribution >= 0.6 is 11.8 Å². The standard InChI is InChI=1S/C20H12F3N5OS/c1-25-18-17(30-19(29)26-18)8-12-3-2-4-15-13(12)10-28(27-15)16-6-5-11(9-24)7-14(16)20(21,22)23/h2-8,10H,1H3,(H,25,26,29)/b17-8-. The number of alkyl halides is 3. The molecule has 10 heteroatoms. The van der Waals surface area contributed by atoms with Crippen LogP contribution in [0.4, 0.5) is 18.0 Å². The summed E-state index contributed by atoms with van der Waals surface area (Å²) in [5.41, 5.74) is -0.0507. The zero-order chi connectivity index (χ0) is 21.5. The Morgan fingerprint density at radius 3 is 2.80 bits per heavy atom. The van der Waals surface area contributed by atoms with Crippen LogP contribution in [0.15, 0.2) is 52.5 Å². The number of amides is 1. The Labute approximate surface area is 172 Å². The summed E-state index contributed by atoms with van der Waals surface area (Å²) in [6.45, 7) is 0. The summed E-state index contributed by atoms with van der Waals surface area (Å²) in [7, 11) is 1.55. The van der Waals surface area contributed by atoms with Gasteiger partial charge in [-0.25, -0.2) is 4.68 Å². The van der Waals surface area contributed by atoms with E-state index in [2.05, 4.69) is 15.4 Å². The molecule has 1 amide bonds. The molecule has 6 nitrogen and oxygen atoms in total. The van der Waals surface area contributed by atoms with E-state index in [1.165, 1.54) is 18.3 Å². The minimum absolute atomic E-state index is 0.0879. The highest BCUT2D eigenvalue weighted by Gasteiger charge is 2.34. The van der Waals surface area contributed by atoms with Gasteiger partial charge >= 0.3 is 6.18 Å². The van der Waals surface area contributed by atoms with Crippen molar-refractivity contribution in [3.05, 3.63) is 64.2 Å². The lowest BCUT2D eigenvalue weighted by molar-refractivity contribution is -0.137. The zero-order valence-electron chi connectivity index (χ0n) is 15.4. The molecule has 1 saturated heterocycles. The van der Waals surface area contributed by atoms with E-state index in [4.69, 9.17) is 5.26 Å². The highest BCUT2D eigenvalue weighted by Crippen LogP contribution is 2.35. The predicted molar refractivity (Wildman–Crippen MR) is 108 cm³/mol. The molecule has 1 aliphatic heterocycles. The lowest BCUT2D eigenvalue weighted by atomic mass is 10.1. The van der Waals surface area contributed by atoms with Crippen molar-refractivity contribution >= 4 is 39.8 Å². The van der Waals surface area contributed by atoms with Crippen molar-refractivity contribution in [2.24, 2.45) is 4.99 Å². The fourth-order valence-electron chi connectivity index (χ4n) is 3.08. The smallest absolute Gasteiger partial charge is 0.300 e. The molecule has 0 radical (unpaired) electrons. The molecule has 0 saturated carbocycles. The molecule has 0 unspecified atom stereocenters. The molecular formula is C20H12F3N5OS. The summed E-state index contributed by atoms with van der Waals surface area (Å²) in [5.74, 6) is 0.431. The first-order chi connectivity index (χ1) is 14.3. The van der Waals surface area contributed by atoms with Gasteiger partial charge in [-0.3, -0.25) is 9.79 Å². The molecule has 2 aromatic carbocycles. The number of hydrogen-bond acceptors (Lipinski definition) is 5. The number of halogens is 3. The van der Waals surface area contributed by atoms with Crippen LogP contribution in [0.3, 0.4) is 0 Å². The maximum absolute atomic E-state index is 13.6. The second kappa shape index (κ2) is 7.35. The molecule has 1 fully saturated rings. The predicted octanol–water partition coefficient (Wildman–Crippen LogP) is 4.74. The molecule has 30 heavy (non-hydrogen) atoms. The molecule has 0 bridgehead atoms. The zero-order valence-corrected chi connectivity index (χ0v) is 16.2. The lowest BCUT2D eigenvalue weighted by Gasteiger charge is -2.12. The molecule has 150 valence electrons. The van der Waals surface area contributed by atoms with Gasteiger partial charge in [0.2, 0.25) is 0 Å². The average molecular weight is 427 g/mol. The van der Waals surface area contributed by atoms with E-state index in [0.717, 1.165) is 22.5 Å². The van der Waals surface area contributed by atoms with Crippen LogP contribution in [0, 0.1) is 11.3 Å². The number of nitrogens with zero attached hydrogens (tertiary/aromatic N) is 4. The molecule has 1 N–H and O–H groups in total. The van der Waals surface area contributed by atoms with Crippen LogP contribution < -0.4 is 5.32 Å². The normalized spacial score (nSPS) is 17.0. The molecule has 0 aliphatic carbocycles. The number of aromatic nitrogens is 2. The van der Waals surface area contributed by atoms with Crippen LogP contribution in [0.2, 0.25) is 0 Å². The number of nitriles is 1. The Kier molecular flexibility index (Phi) is 4.83. The molecule has 2 heterocycles.